The maximum absolute atomic E-state index is 13.1. The van der Waals surface area contributed by atoms with Crippen molar-refractivity contribution in [2.45, 2.75) is 63.8 Å². The number of carbonyl (C=O) groups is 1. The third-order valence-electron chi connectivity index (χ3n) is 5.46. The van der Waals surface area contributed by atoms with Gasteiger partial charge in [0.15, 0.2) is 0 Å². The monoisotopic (exact) mass is 484 g/mol. The van der Waals surface area contributed by atoms with Crippen molar-refractivity contribution >= 4 is 39.9 Å². The molecule has 0 unspecified atom stereocenters. The summed E-state index contributed by atoms with van der Waals surface area (Å²) in [6.45, 7) is 8.47. The summed E-state index contributed by atoms with van der Waals surface area (Å²) in [5.41, 5.74) is -0.581. The maximum Gasteiger partial charge on any atom is 0.416 e. The minimum Gasteiger partial charge on any atom is -0.348 e. The number of imidazole rings is 1. The summed E-state index contributed by atoms with van der Waals surface area (Å²) < 4.78 is 39.2. The predicted molar refractivity (Wildman–Crippen MR) is 121 cm³/mol. The first-order valence-electron chi connectivity index (χ1n) is 10.2. The van der Waals surface area contributed by atoms with Crippen LogP contribution in [0, 0.1) is 0 Å². The van der Waals surface area contributed by atoms with Crippen molar-refractivity contribution in [1.29, 1.82) is 0 Å². The molecule has 0 bridgehead atoms. The minimum absolute atomic E-state index is 0.0325. The van der Waals surface area contributed by atoms with Crippen molar-refractivity contribution in [1.82, 2.24) is 20.6 Å². The van der Waals surface area contributed by atoms with Crippen LogP contribution in [0.5, 0.6) is 0 Å². The van der Waals surface area contributed by atoms with E-state index in [4.69, 9.17) is 11.6 Å². The second-order valence-corrected chi connectivity index (χ2v) is 11.1. The smallest absolute Gasteiger partial charge is 0.348 e. The van der Waals surface area contributed by atoms with Crippen molar-refractivity contribution in [3.63, 3.8) is 0 Å². The molecule has 172 valence electrons. The van der Waals surface area contributed by atoms with Crippen molar-refractivity contribution < 1.29 is 18.0 Å². The molecule has 1 saturated heterocycles. The molecule has 1 amide bonds. The van der Waals surface area contributed by atoms with Gasteiger partial charge in [-0.3, -0.25) is 4.79 Å². The molecule has 5 nitrogen and oxygen atoms in total. The van der Waals surface area contributed by atoms with E-state index in [1.807, 2.05) is 0 Å². The number of nitrogens with one attached hydrogen (secondary N) is 3. The van der Waals surface area contributed by atoms with Gasteiger partial charge >= 0.3 is 6.18 Å². The van der Waals surface area contributed by atoms with Crippen molar-refractivity contribution in [2.75, 3.05) is 0 Å². The van der Waals surface area contributed by atoms with Gasteiger partial charge in [0, 0.05) is 17.1 Å². The molecule has 3 N–H and O–H groups in total. The molecule has 32 heavy (non-hydrogen) atoms. The zero-order valence-corrected chi connectivity index (χ0v) is 19.6. The highest BCUT2D eigenvalue weighted by atomic mass is 35.5. The summed E-state index contributed by atoms with van der Waals surface area (Å²) in [7, 11) is 0. The molecule has 2 aromatic heterocycles. The van der Waals surface area contributed by atoms with Crippen LogP contribution >= 0.6 is 22.9 Å². The molecule has 0 aliphatic carbocycles. The van der Waals surface area contributed by atoms with Gasteiger partial charge in [0.1, 0.15) is 11.3 Å². The van der Waals surface area contributed by atoms with Crippen LogP contribution < -0.4 is 10.6 Å². The number of halogens is 4. The summed E-state index contributed by atoms with van der Waals surface area (Å²) in [5.74, 6) is 0.197. The highest BCUT2D eigenvalue weighted by Gasteiger charge is 2.38. The standard InChI is InChI=1S/C22H24ClF3N4OS/c1-20(2)9-12(10-21(3,4)30-20)27-19(31)16-6-5-15(32-16)18-28-14-8-11(22(24,25)26)7-13(23)17(14)29-18/h5-8,12,30H,9-10H2,1-4H3,(H,27,31)(H,28,29). The van der Waals surface area contributed by atoms with E-state index in [0.29, 0.717) is 15.6 Å². The summed E-state index contributed by atoms with van der Waals surface area (Å²) >= 11 is 7.26. The van der Waals surface area contributed by atoms with Crippen LogP contribution in [0.25, 0.3) is 21.7 Å². The highest BCUT2D eigenvalue weighted by molar-refractivity contribution is 7.17. The van der Waals surface area contributed by atoms with Crippen LogP contribution in [0.4, 0.5) is 13.2 Å². The molecule has 3 heterocycles. The minimum atomic E-state index is -4.50. The third-order valence-corrected chi connectivity index (χ3v) is 6.83. The Kier molecular flexibility index (Phi) is 5.58. The number of thiophene rings is 1. The second kappa shape index (κ2) is 7.74. The SMILES string of the molecule is CC1(C)CC(NC(=O)c2ccc(-c3nc4c(Cl)cc(C(F)(F)F)cc4[nH]3)s2)CC(C)(C)N1. The summed E-state index contributed by atoms with van der Waals surface area (Å²) in [4.78, 5) is 21.3. The van der Waals surface area contributed by atoms with E-state index >= 15 is 0 Å². The molecule has 3 aromatic rings. The molecule has 1 aliphatic rings. The van der Waals surface area contributed by atoms with Gasteiger partial charge in [-0.2, -0.15) is 13.2 Å². The number of fused-ring (bicyclic) bond motifs is 1. The lowest BCUT2D eigenvalue weighted by Crippen LogP contribution is -2.62. The molecule has 4 rings (SSSR count). The number of carbonyl (C=O) groups excluding carboxylic acids is 1. The Balaban J connectivity index is 1.55. The number of alkyl halides is 3. The predicted octanol–water partition coefficient (Wildman–Crippen LogP) is 6.00. The van der Waals surface area contributed by atoms with Gasteiger partial charge in [-0.25, -0.2) is 4.98 Å². The number of hydrogen-bond donors (Lipinski definition) is 3. The summed E-state index contributed by atoms with van der Waals surface area (Å²) in [6.07, 6.45) is -2.89. The van der Waals surface area contributed by atoms with E-state index in [-0.39, 0.29) is 39.1 Å². The number of hydrogen-bond acceptors (Lipinski definition) is 4. The third kappa shape index (κ3) is 4.79. The molecule has 1 aromatic carbocycles. The number of aromatic amines is 1. The first-order chi connectivity index (χ1) is 14.7. The topological polar surface area (TPSA) is 69.8 Å². The lowest BCUT2D eigenvalue weighted by molar-refractivity contribution is -0.137. The van der Waals surface area contributed by atoms with Gasteiger partial charge < -0.3 is 15.6 Å². The molecular weight excluding hydrogens is 461 g/mol. The average Bonchev–Trinajstić information content (AvgIpc) is 3.25. The number of H-pyrrole nitrogens is 1. The Morgan fingerprint density at radius 2 is 1.84 bits per heavy atom. The normalized spacial score (nSPS) is 18.8. The van der Waals surface area contributed by atoms with Gasteiger partial charge in [-0.15, -0.1) is 11.3 Å². The lowest BCUT2D eigenvalue weighted by atomic mass is 9.79. The number of rotatable bonds is 3. The molecule has 0 radical (unpaired) electrons. The summed E-state index contributed by atoms with van der Waals surface area (Å²) in [5, 5.41) is 6.63. The average molecular weight is 485 g/mol. The van der Waals surface area contributed by atoms with Crippen LogP contribution in [-0.4, -0.2) is 33.0 Å². The molecule has 1 fully saturated rings. The molecule has 10 heteroatoms. The molecule has 0 spiro atoms. The summed E-state index contributed by atoms with van der Waals surface area (Å²) in [6, 6.07) is 5.31. The molecule has 0 saturated carbocycles. The van der Waals surface area contributed by atoms with E-state index < -0.39 is 11.7 Å². The lowest BCUT2D eigenvalue weighted by Gasteiger charge is -2.46. The van der Waals surface area contributed by atoms with Gasteiger partial charge in [0.2, 0.25) is 0 Å². The molecule has 1 aliphatic heterocycles. The van der Waals surface area contributed by atoms with E-state index in [2.05, 4.69) is 48.3 Å². The number of aromatic nitrogens is 2. The van der Waals surface area contributed by atoms with Crippen LogP contribution in [0.1, 0.15) is 55.8 Å². The Morgan fingerprint density at radius 3 is 2.47 bits per heavy atom. The Hall–Kier alpha value is -2.10. The highest BCUT2D eigenvalue weighted by Crippen LogP contribution is 2.36. The van der Waals surface area contributed by atoms with E-state index in [9.17, 15) is 18.0 Å². The van der Waals surface area contributed by atoms with Gasteiger partial charge in [0.25, 0.3) is 5.91 Å². The fourth-order valence-electron chi connectivity index (χ4n) is 4.62. The van der Waals surface area contributed by atoms with Gasteiger partial charge in [-0.1, -0.05) is 11.6 Å². The van der Waals surface area contributed by atoms with Crippen molar-refractivity contribution in [3.8, 4) is 10.7 Å². The van der Waals surface area contributed by atoms with Crippen LogP contribution in [0.15, 0.2) is 24.3 Å². The first-order valence-corrected chi connectivity index (χ1v) is 11.4. The molecule has 0 atom stereocenters. The van der Waals surface area contributed by atoms with Crippen LogP contribution in [0.3, 0.4) is 0 Å². The number of benzene rings is 1. The van der Waals surface area contributed by atoms with E-state index in [1.165, 1.54) is 11.3 Å². The van der Waals surface area contributed by atoms with E-state index in [0.717, 1.165) is 25.0 Å². The Morgan fingerprint density at radius 1 is 1.19 bits per heavy atom. The van der Waals surface area contributed by atoms with Gasteiger partial charge in [0.05, 0.1) is 25.9 Å². The number of piperidine rings is 1. The van der Waals surface area contributed by atoms with Crippen molar-refractivity contribution in [3.05, 3.63) is 39.7 Å². The van der Waals surface area contributed by atoms with Gasteiger partial charge in [-0.05, 0) is 64.8 Å². The first kappa shape index (κ1) is 23.1. The molecular formula is C22H24ClF3N4OS. The Bertz CT molecular complexity index is 1170. The fourth-order valence-corrected chi connectivity index (χ4v) is 5.74. The van der Waals surface area contributed by atoms with E-state index in [1.54, 1.807) is 12.1 Å². The second-order valence-electron chi connectivity index (χ2n) is 9.57. The largest absolute Gasteiger partial charge is 0.416 e. The van der Waals surface area contributed by atoms with Crippen molar-refractivity contribution in [2.24, 2.45) is 0 Å². The quantitative estimate of drug-likeness (QED) is 0.427. The number of amides is 1. The zero-order chi connectivity index (χ0) is 23.5. The Labute approximate surface area is 192 Å². The fraction of sp³-hybridized carbons (Fsp3) is 0.455. The van der Waals surface area contributed by atoms with Crippen LogP contribution in [-0.2, 0) is 6.18 Å². The zero-order valence-electron chi connectivity index (χ0n) is 18.1. The number of nitrogens with zero attached hydrogens (tertiary/aromatic N) is 1. The maximum atomic E-state index is 13.1. The van der Waals surface area contributed by atoms with Crippen LogP contribution in [0.2, 0.25) is 5.02 Å².